The van der Waals surface area contributed by atoms with Gasteiger partial charge in [0.15, 0.2) is 0 Å². The van der Waals surface area contributed by atoms with E-state index in [9.17, 15) is 17.6 Å². The molecule has 0 fully saturated rings. The van der Waals surface area contributed by atoms with E-state index in [1.807, 2.05) is 19.1 Å². The van der Waals surface area contributed by atoms with Gasteiger partial charge in [0.05, 0.1) is 17.6 Å². The Morgan fingerprint density at radius 3 is 2.44 bits per heavy atom. The molecule has 2 aromatic rings. The molecule has 25 heavy (non-hydrogen) atoms. The molecule has 0 saturated heterocycles. The minimum atomic E-state index is -3.82. The van der Waals surface area contributed by atoms with Gasteiger partial charge in [-0.3, -0.25) is 9.10 Å². The fraction of sp³-hybridized carbons (Fsp3) is 0.235. The first kappa shape index (κ1) is 19.3. The summed E-state index contributed by atoms with van der Waals surface area (Å²) in [6.45, 7) is 1.48. The fourth-order valence-electron chi connectivity index (χ4n) is 2.21. The number of hydrogen-bond donors (Lipinski definition) is 1. The Kier molecular flexibility index (Phi) is 6.44. The molecule has 0 aliphatic rings. The van der Waals surface area contributed by atoms with E-state index in [0.29, 0.717) is 5.69 Å². The van der Waals surface area contributed by atoms with Crippen LogP contribution in [0.15, 0.2) is 53.4 Å². The van der Waals surface area contributed by atoms with Crippen molar-refractivity contribution < 1.29 is 17.6 Å². The maximum Gasteiger partial charge on any atom is 0.245 e. The molecule has 0 unspecified atom stereocenters. The van der Waals surface area contributed by atoms with Gasteiger partial charge in [-0.05, 0) is 30.0 Å². The average molecular weight is 382 g/mol. The highest BCUT2D eigenvalue weighted by Gasteiger charge is 2.23. The first-order valence-corrected chi connectivity index (χ1v) is 10.4. The third kappa shape index (κ3) is 5.20. The van der Waals surface area contributed by atoms with Crippen molar-refractivity contribution in [3.05, 3.63) is 54.3 Å². The van der Waals surface area contributed by atoms with Crippen LogP contribution in [0.2, 0.25) is 0 Å². The van der Waals surface area contributed by atoms with Crippen LogP contribution < -0.4 is 9.62 Å². The van der Waals surface area contributed by atoms with Gasteiger partial charge in [0.2, 0.25) is 15.9 Å². The molecule has 2 aromatic carbocycles. The maximum atomic E-state index is 14.0. The summed E-state index contributed by atoms with van der Waals surface area (Å²) >= 11 is 1.56. The van der Waals surface area contributed by atoms with Crippen LogP contribution in [0.5, 0.6) is 0 Å². The lowest BCUT2D eigenvalue weighted by atomic mass is 10.3. The van der Waals surface area contributed by atoms with Gasteiger partial charge in [0.25, 0.3) is 0 Å². The van der Waals surface area contributed by atoms with Crippen LogP contribution >= 0.6 is 11.8 Å². The number of thioether (sulfide) groups is 1. The molecule has 0 atom stereocenters. The van der Waals surface area contributed by atoms with Gasteiger partial charge in [-0.1, -0.05) is 31.2 Å². The van der Waals surface area contributed by atoms with Crippen LogP contribution in [0.1, 0.15) is 6.92 Å². The molecular weight excluding hydrogens is 363 g/mol. The van der Waals surface area contributed by atoms with E-state index < -0.39 is 28.3 Å². The van der Waals surface area contributed by atoms with E-state index in [2.05, 4.69) is 5.32 Å². The molecule has 1 N–H and O–H groups in total. The minimum Gasteiger partial charge on any atom is -0.323 e. The number of benzene rings is 2. The second kappa shape index (κ2) is 8.35. The van der Waals surface area contributed by atoms with Crippen LogP contribution in [0, 0.1) is 5.82 Å². The van der Waals surface area contributed by atoms with Crippen molar-refractivity contribution in [1.29, 1.82) is 0 Å². The number of carbonyl (C=O) groups excluding carboxylic acids is 1. The van der Waals surface area contributed by atoms with Gasteiger partial charge >= 0.3 is 0 Å². The zero-order valence-electron chi connectivity index (χ0n) is 13.9. The van der Waals surface area contributed by atoms with Crippen LogP contribution in [-0.4, -0.2) is 32.9 Å². The van der Waals surface area contributed by atoms with Crippen molar-refractivity contribution in [3.63, 3.8) is 0 Å². The van der Waals surface area contributed by atoms with Crippen molar-refractivity contribution in [2.75, 3.05) is 28.2 Å². The molecular formula is C17H19FN2O3S2. The number of anilines is 2. The quantitative estimate of drug-likeness (QED) is 0.746. The molecule has 2 rings (SSSR count). The maximum absolute atomic E-state index is 14.0. The molecule has 0 saturated carbocycles. The predicted octanol–water partition coefficient (Wildman–Crippen LogP) is 3.34. The van der Waals surface area contributed by atoms with Crippen molar-refractivity contribution in [2.24, 2.45) is 0 Å². The van der Waals surface area contributed by atoms with Gasteiger partial charge < -0.3 is 5.32 Å². The monoisotopic (exact) mass is 382 g/mol. The first-order valence-electron chi connectivity index (χ1n) is 7.57. The van der Waals surface area contributed by atoms with Gasteiger partial charge in [0.1, 0.15) is 12.4 Å². The van der Waals surface area contributed by atoms with Gasteiger partial charge in [-0.2, -0.15) is 0 Å². The second-order valence-corrected chi connectivity index (χ2v) is 8.41. The standard InChI is InChI=1S/C17H19FN2O3S2/c1-3-24-16-11-7-5-9-14(16)19-17(21)12-20(25(2,22)23)15-10-6-4-8-13(15)18/h4-11H,3,12H2,1-2H3,(H,19,21). The number of amides is 1. The average Bonchev–Trinajstić information content (AvgIpc) is 2.54. The van der Waals surface area contributed by atoms with E-state index in [4.69, 9.17) is 0 Å². The Hall–Kier alpha value is -2.06. The summed E-state index contributed by atoms with van der Waals surface area (Å²) in [4.78, 5) is 13.2. The third-order valence-corrected chi connectivity index (χ3v) is 5.35. The number of para-hydroxylation sites is 2. The van der Waals surface area contributed by atoms with E-state index >= 15 is 0 Å². The van der Waals surface area contributed by atoms with Crippen molar-refractivity contribution in [1.82, 2.24) is 0 Å². The lowest BCUT2D eigenvalue weighted by molar-refractivity contribution is -0.114. The molecule has 1 amide bonds. The Labute approximate surface area is 151 Å². The number of hydrogen-bond acceptors (Lipinski definition) is 4. The topological polar surface area (TPSA) is 66.5 Å². The molecule has 134 valence electrons. The lowest BCUT2D eigenvalue weighted by Crippen LogP contribution is -2.38. The molecule has 0 heterocycles. The van der Waals surface area contributed by atoms with E-state index in [1.54, 1.807) is 23.9 Å². The van der Waals surface area contributed by atoms with Crippen LogP contribution in [0.25, 0.3) is 0 Å². The predicted molar refractivity (Wildman–Crippen MR) is 100 cm³/mol. The largest absolute Gasteiger partial charge is 0.323 e. The number of halogens is 1. The highest BCUT2D eigenvalue weighted by molar-refractivity contribution is 7.99. The Morgan fingerprint density at radius 1 is 1.16 bits per heavy atom. The number of carbonyl (C=O) groups is 1. The number of nitrogens with one attached hydrogen (secondary N) is 1. The molecule has 0 aliphatic heterocycles. The van der Waals surface area contributed by atoms with Crippen LogP contribution in [0.4, 0.5) is 15.8 Å². The van der Waals surface area contributed by atoms with E-state index in [1.165, 1.54) is 18.2 Å². The summed E-state index contributed by atoms with van der Waals surface area (Å²) in [5.74, 6) is -0.419. The summed E-state index contributed by atoms with van der Waals surface area (Å²) in [5, 5.41) is 2.70. The van der Waals surface area contributed by atoms with Crippen molar-refractivity contribution >= 4 is 39.1 Å². The normalized spacial score (nSPS) is 11.2. The molecule has 0 radical (unpaired) electrons. The molecule has 0 aliphatic carbocycles. The number of rotatable bonds is 7. The highest BCUT2D eigenvalue weighted by atomic mass is 32.2. The number of sulfonamides is 1. The van der Waals surface area contributed by atoms with E-state index in [0.717, 1.165) is 27.3 Å². The molecule has 8 heteroatoms. The van der Waals surface area contributed by atoms with Crippen LogP contribution in [-0.2, 0) is 14.8 Å². The number of nitrogens with zero attached hydrogens (tertiary/aromatic N) is 1. The molecule has 0 spiro atoms. The summed E-state index contributed by atoms with van der Waals surface area (Å²) in [6, 6.07) is 12.7. The second-order valence-electron chi connectivity index (χ2n) is 5.20. The van der Waals surface area contributed by atoms with Crippen molar-refractivity contribution in [2.45, 2.75) is 11.8 Å². The summed E-state index contributed by atoms with van der Waals surface area (Å²) in [7, 11) is -3.82. The molecule has 0 aromatic heterocycles. The van der Waals surface area contributed by atoms with Gasteiger partial charge in [0, 0.05) is 4.90 Å². The zero-order chi connectivity index (χ0) is 18.4. The smallest absolute Gasteiger partial charge is 0.245 e. The Morgan fingerprint density at radius 2 is 1.80 bits per heavy atom. The van der Waals surface area contributed by atoms with Gasteiger partial charge in [-0.15, -0.1) is 11.8 Å². The fourth-order valence-corrected chi connectivity index (χ4v) is 3.82. The molecule has 0 bridgehead atoms. The lowest BCUT2D eigenvalue weighted by Gasteiger charge is -2.22. The zero-order valence-corrected chi connectivity index (χ0v) is 15.5. The highest BCUT2D eigenvalue weighted by Crippen LogP contribution is 2.27. The summed E-state index contributed by atoms with van der Waals surface area (Å²) < 4.78 is 38.8. The van der Waals surface area contributed by atoms with Crippen molar-refractivity contribution in [3.8, 4) is 0 Å². The van der Waals surface area contributed by atoms with Gasteiger partial charge in [-0.25, -0.2) is 12.8 Å². The first-order chi connectivity index (χ1) is 11.8. The summed E-state index contributed by atoms with van der Waals surface area (Å²) in [5.41, 5.74) is 0.442. The van der Waals surface area contributed by atoms with Crippen LogP contribution in [0.3, 0.4) is 0 Å². The third-order valence-electron chi connectivity index (χ3n) is 3.27. The Bertz CT molecular complexity index is 856. The molecule has 5 nitrogen and oxygen atoms in total. The Balaban J connectivity index is 2.23. The minimum absolute atomic E-state index is 0.156. The SMILES string of the molecule is CCSc1ccccc1NC(=O)CN(c1ccccc1F)S(C)(=O)=O. The van der Waals surface area contributed by atoms with E-state index in [-0.39, 0.29) is 5.69 Å². The summed E-state index contributed by atoms with van der Waals surface area (Å²) in [6.07, 6.45) is 0.938.